The molecule has 1 aromatic heterocycles. The largest absolute Gasteiger partial charge is 0.496 e. The van der Waals surface area contributed by atoms with Gasteiger partial charge < -0.3 is 24.3 Å². The van der Waals surface area contributed by atoms with Crippen LogP contribution in [0.5, 0.6) is 5.75 Å². The summed E-state index contributed by atoms with van der Waals surface area (Å²) in [5, 5.41) is 0.501. The zero-order valence-corrected chi connectivity index (χ0v) is 22.4. The van der Waals surface area contributed by atoms with Crippen molar-refractivity contribution >= 4 is 28.5 Å². The third-order valence-corrected chi connectivity index (χ3v) is 7.64. The van der Waals surface area contributed by atoms with Crippen LogP contribution in [0.15, 0.2) is 42.6 Å². The number of hydrogen-bond donors (Lipinski definition) is 1. The second-order valence-electron chi connectivity index (χ2n) is 10.2. The molecule has 2 aromatic carbocycles. The van der Waals surface area contributed by atoms with Crippen molar-refractivity contribution in [2.75, 3.05) is 46.5 Å². The van der Waals surface area contributed by atoms with Crippen LogP contribution >= 0.6 is 0 Å². The minimum Gasteiger partial charge on any atom is -0.496 e. The Morgan fingerprint density at radius 1 is 1.03 bits per heavy atom. The molecule has 2 saturated heterocycles. The molecule has 0 aliphatic carbocycles. The molecule has 1 N–H and O–H groups in total. The number of hydrogen-bond acceptors (Lipinski definition) is 6. The molecule has 2 fully saturated rings. The fraction of sp³-hybridized carbons (Fsp3) is 0.414. The molecule has 39 heavy (non-hydrogen) atoms. The maximum atomic E-state index is 13.9. The Kier molecular flexibility index (Phi) is 7.67. The number of piperazine rings is 1. The van der Waals surface area contributed by atoms with E-state index >= 15 is 0 Å². The Labute approximate surface area is 226 Å². The summed E-state index contributed by atoms with van der Waals surface area (Å²) < 4.78 is 24.2. The standard InChI is InChI=1S/C29H33FN4O5/c1-18-16-34(19(2)15-33(18)17-20-4-6-21(30)7-5-20)28(36)23-12-22-24(14-31-25(22)13-26(23)38-3)27(35)29(37)32-8-10-39-11-9-32/h4-7,12-14,18-19,31H,8-11,15-17H2,1-3H3. The monoisotopic (exact) mass is 536 g/mol. The minimum atomic E-state index is -0.622. The van der Waals surface area contributed by atoms with E-state index in [1.54, 1.807) is 24.3 Å². The van der Waals surface area contributed by atoms with Crippen molar-refractivity contribution in [2.24, 2.45) is 0 Å². The summed E-state index contributed by atoms with van der Waals surface area (Å²) in [6, 6.07) is 9.80. The Bertz CT molecular complexity index is 1380. The number of Topliss-reactive ketones (excluding diaryl/α,β-unsaturated/α-hetero) is 1. The fourth-order valence-electron chi connectivity index (χ4n) is 5.38. The van der Waals surface area contributed by atoms with Crippen molar-refractivity contribution in [1.82, 2.24) is 19.7 Å². The summed E-state index contributed by atoms with van der Waals surface area (Å²) in [4.78, 5) is 48.5. The molecule has 2 aliphatic heterocycles. The van der Waals surface area contributed by atoms with Crippen LogP contribution in [-0.2, 0) is 16.1 Å². The zero-order chi connectivity index (χ0) is 27.7. The van der Waals surface area contributed by atoms with Crippen molar-refractivity contribution in [2.45, 2.75) is 32.5 Å². The number of morpholine rings is 1. The van der Waals surface area contributed by atoms with E-state index in [9.17, 15) is 18.8 Å². The molecule has 2 aliphatic rings. The van der Waals surface area contributed by atoms with E-state index in [1.807, 2.05) is 11.8 Å². The number of nitrogens with zero attached hydrogens (tertiary/aromatic N) is 3. The van der Waals surface area contributed by atoms with Crippen LogP contribution in [0.25, 0.3) is 10.9 Å². The summed E-state index contributed by atoms with van der Waals surface area (Å²) in [5.74, 6) is -1.28. The predicted molar refractivity (Wildman–Crippen MR) is 143 cm³/mol. The third kappa shape index (κ3) is 5.39. The van der Waals surface area contributed by atoms with Gasteiger partial charge in [0.2, 0.25) is 0 Å². The van der Waals surface area contributed by atoms with E-state index in [1.165, 1.54) is 30.3 Å². The highest BCUT2D eigenvalue weighted by atomic mass is 19.1. The summed E-state index contributed by atoms with van der Waals surface area (Å²) in [5.41, 5.74) is 2.18. The first kappa shape index (κ1) is 26.8. The second-order valence-corrected chi connectivity index (χ2v) is 10.2. The van der Waals surface area contributed by atoms with E-state index in [2.05, 4.69) is 16.8 Å². The van der Waals surface area contributed by atoms with Gasteiger partial charge in [0.15, 0.2) is 0 Å². The molecule has 2 unspecified atom stereocenters. The highest BCUT2D eigenvalue weighted by molar-refractivity contribution is 6.45. The topological polar surface area (TPSA) is 95.2 Å². The maximum absolute atomic E-state index is 13.9. The molecule has 9 nitrogen and oxygen atoms in total. The molecule has 10 heteroatoms. The van der Waals surface area contributed by atoms with Gasteiger partial charge in [-0.25, -0.2) is 4.39 Å². The molecular weight excluding hydrogens is 503 g/mol. The molecule has 0 bridgehead atoms. The van der Waals surface area contributed by atoms with Gasteiger partial charge in [-0.2, -0.15) is 0 Å². The maximum Gasteiger partial charge on any atom is 0.295 e. The highest BCUT2D eigenvalue weighted by Crippen LogP contribution is 2.31. The molecule has 2 amide bonds. The molecule has 0 radical (unpaired) electrons. The summed E-state index contributed by atoms with van der Waals surface area (Å²) >= 11 is 0. The predicted octanol–water partition coefficient (Wildman–Crippen LogP) is 3.09. The number of ketones is 1. The van der Waals surface area contributed by atoms with Gasteiger partial charge in [-0.3, -0.25) is 19.3 Å². The van der Waals surface area contributed by atoms with Gasteiger partial charge in [-0.05, 0) is 37.6 Å². The second kappa shape index (κ2) is 11.2. The van der Waals surface area contributed by atoms with Crippen LogP contribution in [0, 0.1) is 5.82 Å². The van der Waals surface area contributed by atoms with Crippen LogP contribution in [-0.4, -0.2) is 95.9 Å². The Hall–Kier alpha value is -3.76. The van der Waals surface area contributed by atoms with E-state index in [0.717, 1.165) is 5.56 Å². The minimum absolute atomic E-state index is 0.0699. The fourth-order valence-corrected chi connectivity index (χ4v) is 5.38. The number of amides is 2. The van der Waals surface area contributed by atoms with Crippen molar-refractivity contribution in [3.05, 3.63) is 65.1 Å². The third-order valence-electron chi connectivity index (χ3n) is 7.64. The van der Waals surface area contributed by atoms with Gasteiger partial charge in [0.05, 0.1) is 31.5 Å². The normalized spacial score (nSPS) is 20.3. The molecule has 0 spiro atoms. The number of H-pyrrole nitrogens is 1. The number of benzene rings is 2. The summed E-state index contributed by atoms with van der Waals surface area (Å²) in [6.45, 7) is 7.41. The number of ether oxygens (including phenoxy) is 2. The number of fused-ring (bicyclic) bond motifs is 1. The van der Waals surface area contributed by atoms with Gasteiger partial charge in [0.25, 0.3) is 17.6 Å². The van der Waals surface area contributed by atoms with E-state index < -0.39 is 11.7 Å². The number of aromatic nitrogens is 1. The molecule has 2 atom stereocenters. The van der Waals surface area contributed by atoms with Crippen LogP contribution < -0.4 is 4.74 Å². The van der Waals surface area contributed by atoms with Gasteiger partial charge in [-0.1, -0.05) is 12.1 Å². The number of aromatic amines is 1. The molecule has 0 saturated carbocycles. The van der Waals surface area contributed by atoms with Crippen molar-refractivity contribution < 1.29 is 28.2 Å². The number of carbonyl (C=O) groups is 3. The lowest BCUT2D eigenvalue weighted by atomic mass is 10.0. The SMILES string of the molecule is COc1cc2[nH]cc(C(=O)C(=O)N3CCOCC3)c2cc1C(=O)N1CC(C)N(Cc2ccc(F)cc2)CC1C. The summed E-state index contributed by atoms with van der Waals surface area (Å²) in [6.07, 6.45) is 1.51. The number of carbonyl (C=O) groups excluding carboxylic acids is 3. The number of nitrogens with one attached hydrogen (secondary N) is 1. The smallest absolute Gasteiger partial charge is 0.295 e. The summed E-state index contributed by atoms with van der Waals surface area (Å²) in [7, 11) is 1.50. The highest BCUT2D eigenvalue weighted by Gasteiger charge is 2.34. The lowest BCUT2D eigenvalue weighted by Crippen LogP contribution is -2.57. The van der Waals surface area contributed by atoms with Gasteiger partial charge in [0.1, 0.15) is 11.6 Å². The Morgan fingerprint density at radius 2 is 1.74 bits per heavy atom. The van der Waals surface area contributed by atoms with E-state index in [4.69, 9.17) is 9.47 Å². The Morgan fingerprint density at radius 3 is 2.44 bits per heavy atom. The Balaban J connectivity index is 1.38. The van der Waals surface area contributed by atoms with E-state index in [0.29, 0.717) is 68.2 Å². The number of methoxy groups -OCH3 is 1. The average molecular weight is 537 g/mol. The molecule has 5 rings (SSSR count). The number of rotatable bonds is 6. The molecular formula is C29H33FN4O5. The van der Waals surface area contributed by atoms with Gasteiger partial charge in [-0.15, -0.1) is 0 Å². The zero-order valence-electron chi connectivity index (χ0n) is 22.4. The van der Waals surface area contributed by atoms with Crippen LogP contribution in [0.1, 0.15) is 40.1 Å². The van der Waals surface area contributed by atoms with Gasteiger partial charge >= 0.3 is 0 Å². The first-order valence-corrected chi connectivity index (χ1v) is 13.2. The quantitative estimate of drug-likeness (QED) is 0.384. The molecule has 206 valence electrons. The van der Waals surface area contributed by atoms with Crippen LogP contribution in [0.3, 0.4) is 0 Å². The lowest BCUT2D eigenvalue weighted by Gasteiger charge is -2.44. The first-order chi connectivity index (χ1) is 18.8. The molecule has 3 aromatic rings. The van der Waals surface area contributed by atoms with Crippen molar-refractivity contribution in [3.63, 3.8) is 0 Å². The average Bonchev–Trinajstić information content (AvgIpc) is 3.37. The van der Waals surface area contributed by atoms with Crippen LogP contribution in [0.2, 0.25) is 0 Å². The van der Waals surface area contributed by atoms with Crippen molar-refractivity contribution in [1.29, 1.82) is 0 Å². The van der Waals surface area contributed by atoms with Crippen LogP contribution in [0.4, 0.5) is 4.39 Å². The van der Waals surface area contributed by atoms with Crippen molar-refractivity contribution in [3.8, 4) is 5.75 Å². The number of halogens is 1. The lowest BCUT2D eigenvalue weighted by molar-refractivity contribution is -0.130. The first-order valence-electron chi connectivity index (χ1n) is 13.2. The van der Waals surface area contributed by atoms with E-state index in [-0.39, 0.29) is 29.4 Å². The van der Waals surface area contributed by atoms with Gasteiger partial charge in [0, 0.05) is 68.0 Å². The molecule has 3 heterocycles.